The van der Waals surface area contributed by atoms with Crippen LogP contribution < -0.4 is 15.4 Å². The van der Waals surface area contributed by atoms with Crippen molar-refractivity contribution in [3.63, 3.8) is 0 Å². The predicted octanol–water partition coefficient (Wildman–Crippen LogP) is 2.33. The van der Waals surface area contributed by atoms with Gasteiger partial charge in [0.1, 0.15) is 12.4 Å². The highest BCUT2D eigenvalue weighted by Gasteiger charge is 2.33. The monoisotopic (exact) mass is 376 g/mol. The quantitative estimate of drug-likeness (QED) is 0.746. The molecule has 0 spiro atoms. The van der Waals surface area contributed by atoms with Crippen LogP contribution in [0.25, 0.3) is 0 Å². The van der Waals surface area contributed by atoms with E-state index in [1.807, 2.05) is 29.6 Å². The molecule has 1 unspecified atom stereocenters. The predicted molar refractivity (Wildman–Crippen MR) is 97.5 cm³/mol. The van der Waals surface area contributed by atoms with E-state index in [4.69, 9.17) is 15.2 Å². The number of hydrogen-bond donors (Lipinski definition) is 1. The molecule has 2 N–H and O–H groups in total. The summed E-state index contributed by atoms with van der Waals surface area (Å²) in [6.07, 6.45) is -0.630. The second-order valence-corrected chi connectivity index (χ2v) is 6.76. The summed E-state index contributed by atoms with van der Waals surface area (Å²) in [5, 5.41) is 1.85. The number of hydrogen-bond acceptors (Lipinski definition) is 7. The molecule has 1 aromatic carbocycles. The van der Waals surface area contributed by atoms with Crippen LogP contribution in [-0.4, -0.2) is 38.4 Å². The normalized spacial score (nSPS) is 16.5. The largest absolute Gasteiger partial charge is 0.488 e. The van der Waals surface area contributed by atoms with E-state index in [1.54, 1.807) is 11.0 Å². The van der Waals surface area contributed by atoms with Crippen LogP contribution in [0.15, 0.2) is 35.7 Å². The molecule has 0 radical (unpaired) electrons. The Labute approximate surface area is 155 Å². The summed E-state index contributed by atoms with van der Waals surface area (Å²) in [7, 11) is 1.35. The second kappa shape index (κ2) is 8.20. The molecule has 7 nitrogen and oxygen atoms in total. The van der Waals surface area contributed by atoms with Crippen LogP contribution >= 0.6 is 11.3 Å². The van der Waals surface area contributed by atoms with Crippen molar-refractivity contribution in [2.24, 2.45) is 5.73 Å². The third-order valence-corrected chi connectivity index (χ3v) is 4.92. The van der Waals surface area contributed by atoms with E-state index in [-0.39, 0.29) is 25.1 Å². The smallest absolute Gasteiger partial charge is 0.414 e. The van der Waals surface area contributed by atoms with Crippen molar-refractivity contribution in [1.82, 2.24) is 0 Å². The molecule has 8 heteroatoms. The van der Waals surface area contributed by atoms with Crippen molar-refractivity contribution in [3.8, 4) is 5.75 Å². The van der Waals surface area contributed by atoms with Gasteiger partial charge in [0.15, 0.2) is 6.10 Å². The van der Waals surface area contributed by atoms with Gasteiger partial charge in [0, 0.05) is 12.2 Å². The summed E-state index contributed by atoms with van der Waals surface area (Å²) in [6, 6.07) is 9.26. The van der Waals surface area contributed by atoms with Gasteiger partial charge >= 0.3 is 12.1 Å². The fourth-order valence-corrected chi connectivity index (χ4v) is 3.40. The Morgan fingerprint density at radius 3 is 2.81 bits per heavy atom. The molecular weight excluding hydrogens is 356 g/mol. The molecule has 1 saturated heterocycles. The van der Waals surface area contributed by atoms with Gasteiger partial charge in [-0.1, -0.05) is 12.1 Å². The topological polar surface area (TPSA) is 91.1 Å². The van der Waals surface area contributed by atoms with Crippen molar-refractivity contribution in [1.29, 1.82) is 0 Å². The van der Waals surface area contributed by atoms with Crippen molar-refractivity contribution in [2.45, 2.75) is 19.1 Å². The minimum atomic E-state index is -0.404. The summed E-state index contributed by atoms with van der Waals surface area (Å²) in [4.78, 5) is 25.9. The summed E-state index contributed by atoms with van der Waals surface area (Å²) in [5.74, 6) is 0.291. The molecular formula is C18H20N2O5S. The van der Waals surface area contributed by atoms with Gasteiger partial charge < -0.3 is 19.9 Å². The maximum Gasteiger partial charge on any atom is 0.414 e. The molecule has 26 heavy (non-hydrogen) atoms. The molecule has 0 saturated carbocycles. The Morgan fingerprint density at radius 2 is 2.12 bits per heavy atom. The zero-order chi connectivity index (χ0) is 18.5. The number of carbonyl (C=O) groups excluding carboxylic acids is 2. The van der Waals surface area contributed by atoms with Crippen LogP contribution in [0.5, 0.6) is 5.75 Å². The zero-order valence-electron chi connectivity index (χ0n) is 14.3. The molecule has 1 aromatic heterocycles. The first kappa shape index (κ1) is 18.2. The average molecular weight is 376 g/mol. The number of ether oxygens (including phenoxy) is 3. The average Bonchev–Trinajstić information content (AvgIpc) is 3.26. The number of benzene rings is 1. The molecule has 2 heterocycles. The van der Waals surface area contributed by atoms with Crippen LogP contribution in [0.1, 0.15) is 10.4 Å². The lowest BCUT2D eigenvalue weighted by molar-refractivity contribution is -0.139. The number of esters is 1. The van der Waals surface area contributed by atoms with Gasteiger partial charge in [0.25, 0.3) is 0 Å². The zero-order valence-corrected chi connectivity index (χ0v) is 15.2. The number of nitrogens with zero attached hydrogens (tertiary/aromatic N) is 1. The summed E-state index contributed by atoms with van der Waals surface area (Å²) in [6.45, 7) is 1.07. The highest BCUT2D eigenvalue weighted by Crippen LogP contribution is 2.27. The highest BCUT2D eigenvalue weighted by atomic mass is 32.1. The minimum Gasteiger partial charge on any atom is -0.488 e. The number of thiophene rings is 1. The van der Waals surface area contributed by atoms with Crippen molar-refractivity contribution < 1.29 is 23.8 Å². The van der Waals surface area contributed by atoms with Gasteiger partial charge in [-0.25, -0.2) is 4.79 Å². The van der Waals surface area contributed by atoms with Gasteiger partial charge in [0.05, 0.1) is 25.0 Å². The van der Waals surface area contributed by atoms with Crippen LogP contribution in [0.4, 0.5) is 10.5 Å². The standard InChI is InChI=1S/C18H20N2O5S/c1-23-17(21)8-16-15(6-7-26-16)24-11-14-10-20(18(22)25-14)13-4-2-12(9-19)3-5-13/h2-7,14H,8-11,19H2,1H3. The van der Waals surface area contributed by atoms with Gasteiger partial charge in [-0.05, 0) is 29.1 Å². The van der Waals surface area contributed by atoms with E-state index in [0.717, 1.165) is 16.1 Å². The molecule has 1 fully saturated rings. The van der Waals surface area contributed by atoms with E-state index in [2.05, 4.69) is 4.74 Å². The second-order valence-electron chi connectivity index (χ2n) is 5.76. The number of methoxy groups -OCH3 is 1. The SMILES string of the molecule is COC(=O)Cc1sccc1OCC1CN(c2ccc(CN)cc2)C(=O)O1. The minimum absolute atomic E-state index is 0.160. The number of carbonyl (C=O) groups is 2. The molecule has 0 bridgehead atoms. The fraction of sp³-hybridized carbons (Fsp3) is 0.333. The van der Waals surface area contributed by atoms with E-state index in [9.17, 15) is 9.59 Å². The molecule has 1 atom stereocenters. The molecule has 2 aromatic rings. The first-order chi connectivity index (χ1) is 12.6. The molecule has 1 amide bonds. The maximum absolute atomic E-state index is 12.1. The van der Waals surface area contributed by atoms with Crippen LogP contribution in [-0.2, 0) is 27.2 Å². The maximum atomic E-state index is 12.1. The molecule has 0 aliphatic carbocycles. The van der Waals surface area contributed by atoms with Crippen molar-refractivity contribution in [3.05, 3.63) is 46.2 Å². The van der Waals surface area contributed by atoms with E-state index < -0.39 is 6.09 Å². The van der Waals surface area contributed by atoms with Gasteiger partial charge in [-0.15, -0.1) is 11.3 Å². The number of rotatable bonds is 7. The Hall–Kier alpha value is -2.58. The molecule has 1 aliphatic heterocycles. The van der Waals surface area contributed by atoms with E-state index in [1.165, 1.54) is 18.4 Å². The lowest BCUT2D eigenvalue weighted by Gasteiger charge is -2.13. The molecule has 1 aliphatic rings. The number of cyclic esters (lactones) is 1. The van der Waals surface area contributed by atoms with Crippen molar-refractivity contribution in [2.75, 3.05) is 25.2 Å². The Bertz CT molecular complexity index is 774. The third kappa shape index (κ3) is 4.14. The van der Waals surface area contributed by atoms with Gasteiger partial charge in [0.2, 0.25) is 0 Å². The van der Waals surface area contributed by atoms with Crippen molar-refractivity contribution >= 4 is 29.1 Å². The lowest BCUT2D eigenvalue weighted by atomic mass is 10.2. The number of amides is 1. The first-order valence-corrected chi connectivity index (χ1v) is 9.01. The van der Waals surface area contributed by atoms with Crippen LogP contribution in [0.2, 0.25) is 0 Å². The lowest BCUT2D eigenvalue weighted by Crippen LogP contribution is -2.26. The fourth-order valence-electron chi connectivity index (χ4n) is 2.60. The third-order valence-electron chi connectivity index (χ3n) is 4.02. The number of nitrogens with two attached hydrogens (primary N) is 1. The summed E-state index contributed by atoms with van der Waals surface area (Å²) in [5.41, 5.74) is 7.35. The first-order valence-electron chi connectivity index (χ1n) is 8.14. The van der Waals surface area contributed by atoms with E-state index in [0.29, 0.717) is 18.8 Å². The van der Waals surface area contributed by atoms with Gasteiger partial charge in [-0.3, -0.25) is 9.69 Å². The number of anilines is 1. The van der Waals surface area contributed by atoms with Crippen LogP contribution in [0, 0.1) is 0 Å². The Balaban J connectivity index is 1.58. The summed E-state index contributed by atoms with van der Waals surface area (Å²) < 4.78 is 15.8. The molecule has 138 valence electrons. The van der Waals surface area contributed by atoms with Gasteiger partial charge in [-0.2, -0.15) is 0 Å². The summed E-state index contributed by atoms with van der Waals surface area (Å²) >= 11 is 1.42. The van der Waals surface area contributed by atoms with E-state index >= 15 is 0 Å². The Morgan fingerprint density at radius 1 is 1.35 bits per heavy atom. The highest BCUT2D eigenvalue weighted by molar-refractivity contribution is 7.10. The molecule has 3 rings (SSSR count). The Kier molecular flexibility index (Phi) is 5.75. The van der Waals surface area contributed by atoms with Crippen LogP contribution in [0.3, 0.4) is 0 Å².